The Morgan fingerprint density at radius 2 is 1.90 bits per heavy atom. The van der Waals surface area contributed by atoms with E-state index in [0.29, 0.717) is 28.4 Å². The SMILES string of the molecule is CCc1cc2c(=O)n(CC)c(SCc3cc(=O)oc4cc5c(cc34)CCC5)nc2s1. The number of fused-ring (bicyclic) bond motifs is 3. The fraction of sp³-hybridized carbons (Fsp3) is 0.348. The van der Waals surface area contributed by atoms with Crippen LogP contribution in [0, 0.1) is 0 Å². The van der Waals surface area contributed by atoms with Crippen LogP contribution in [-0.4, -0.2) is 9.55 Å². The van der Waals surface area contributed by atoms with Gasteiger partial charge in [0.15, 0.2) is 5.16 Å². The molecule has 0 fully saturated rings. The number of aromatic nitrogens is 2. The zero-order valence-electron chi connectivity index (χ0n) is 17.0. The minimum Gasteiger partial charge on any atom is -0.423 e. The molecule has 0 N–H and O–H groups in total. The van der Waals surface area contributed by atoms with Crippen LogP contribution in [0.5, 0.6) is 0 Å². The Hall–Kier alpha value is -2.38. The number of thiophene rings is 1. The molecule has 3 heterocycles. The van der Waals surface area contributed by atoms with Gasteiger partial charge in [-0.3, -0.25) is 9.36 Å². The molecule has 0 aliphatic heterocycles. The Bertz CT molecular complexity index is 1400. The summed E-state index contributed by atoms with van der Waals surface area (Å²) in [5.41, 5.74) is 3.89. The Labute approximate surface area is 181 Å². The summed E-state index contributed by atoms with van der Waals surface area (Å²) in [5.74, 6) is 0.560. The third-order valence-corrected chi connectivity index (χ3v) is 7.93. The Kier molecular flexibility index (Phi) is 5.03. The predicted octanol–water partition coefficient (Wildman–Crippen LogP) is 4.93. The molecule has 1 aliphatic rings. The highest BCUT2D eigenvalue weighted by Gasteiger charge is 2.17. The van der Waals surface area contributed by atoms with Gasteiger partial charge in [0.05, 0.1) is 5.39 Å². The summed E-state index contributed by atoms with van der Waals surface area (Å²) in [7, 11) is 0. The first kappa shape index (κ1) is 19.6. The fourth-order valence-corrected chi connectivity index (χ4v) is 6.23. The first-order valence-corrected chi connectivity index (χ1v) is 12.1. The van der Waals surface area contributed by atoms with Crippen LogP contribution in [0.1, 0.15) is 41.8 Å². The van der Waals surface area contributed by atoms with Gasteiger partial charge in [0.25, 0.3) is 5.56 Å². The van der Waals surface area contributed by atoms with Crippen molar-refractivity contribution in [3.05, 3.63) is 66.6 Å². The third kappa shape index (κ3) is 3.30. The lowest BCUT2D eigenvalue weighted by Gasteiger charge is -2.11. The summed E-state index contributed by atoms with van der Waals surface area (Å²) in [6.45, 7) is 4.61. The van der Waals surface area contributed by atoms with Crippen molar-refractivity contribution in [1.29, 1.82) is 0 Å². The lowest BCUT2D eigenvalue weighted by atomic mass is 10.0. The lowest BCUT2D eigenvalue weighted by molar-refractivity contribution is 0.559. The second kappa shape index (κ2) is 7.71. The molecule has 5 rings (SSSR count). The van der Waals surface area contributed by atoms with Crippen molar-refractivity contribution in [1.82, 2.24) is 9.55 Å². The van der Waals surface area contributed by atoms with E-state index in [-0.39, 0.29) is 11.2 Å². The van der Waals surface area contributed by atoms with Gasteiger partial charge in [-0.25, -0.2) is 9.78 Å². The van der Waals surface area contributed by atoms with Gasteiger partial charge >= 0.3 is 5.63 Å². The lowest BCUT2D eigenvalue weighted by Crippen LogP contribution is -2.21. The largest absolute Gasteiger partial charge is 0.423 e. The zero-order valence-corrected chi connectivity index (χ0v) is 18.6. The molecule has 0 amide bonds. The zero-order chi connectivity index (χ0) is 20.8. The van der Waals surface area contributed by atoms with E-state index >= 15 is 0 Å². The van der Waals surface area contributed by atoms with Crippen molar-refractivity contribution >= 4 is 44.3 Å². The van der Waals surface area contributed by atoms with Gasteiger partial charge in [-0.1, -0.05) is 18.7 Å². The molecule has 154 valence electrons. The van der Waals surface area contributed by atoms with Crippen LogP contribution < -0.4 is 11.2 Å². The van der Waals surface area contributed by atoms with Gasteiger partial charge in [-0.15, -0.1) is 11.3 Å². The number of aryl methyl sites for hydroxylation is 3. The molecule has 0 spiro atoms. The molecule has 7 heteroatoms. The molecule has 0 unspecified atom stereocenters. The molecule has 0 radical (unpaired) electrons. The minimum absolute atomic E-state index is 0.0104. The van der Waals surface area contributed by atoms with Crippen LogP contribution in [0.3, 0.4) is 0 Å². The molecule has 3 aromatic heterocycles. The van der Waals surface area contributed by atoms with E-state index in [4.69, 9.17) is 9.40 Å². The van der Waals surface area contributed by atoms with E-state index in [9.17, 15) is 9.59 Å². The molecule has 0 saturated carbocycles. The molecule has 0 bridgehead atoms. The smallest absolute Gasteiger partial charge is 0.336 e. The number of benzene rings is 1. The second-order valence-electron chi connectivity index (χ2n) is 7.58. The highest BCUT2D eigenvalue weighted by Crippen LogP contribution is 2.32. The van der Waals surface area contributed by atoms with E-state index in [2.05, 4.69) is 13.0 Å². The molecule has 0 atom stereocenters. The number of rotatable bonds is 5. The van der Waals surface area contributed by atoms with Crippen LogP contribution in [0.25, 0.3) is 21.2 Å². The highest BCUT2D eigenvalue weighted by atomic mass is 32.2. The molecule has 0 saturated heterocycles. The van der Waals surface area contributed by atoms with Crippen molar-refractivity contribution < 1.29 is 4.42 Å². The van der Waals surface area contributed by atoms with Gasteiger partial charge in [-0.2, -0.15) is 0 Å². The Morgan fingerprint density at radius 3 is 2.67 bits per heavy atom. The van der Waals surface area contributed by atoms with Gasteiger partial charge in [0.1, 0.15) is 10.4 Å². The summed E-state index contributed by atoms with van der Waals surface area (Å²) in [4.78, 5) is 31.9. The molecule has 1 aliphatic carbocycles. The van der Waals surface area contributed by atoms with Gasteiger partial charge in [0.2, 0.25) is 0 Å². The van der Waals surface area contributed by atoms with Crippen LogP contribution >= 0.6 is 23.1 Å². The average molecular weight is 439 g/mol. The summed E-state index contributed by atoms with van der Waals surface area (Å²) in [5, 5.41) is 2.38. The first-order chi connectivity index (χ1) is 14.6. The van der Waals surface area contributed by atoms with Crippen LogP contribution in [0.4, 0.5) is 0 Å². The molecular weight excluding hydrogens is 416 g/mol. The molecule has 30 heavy (non-hydrogen) atoms. The topological polar surface area (TPSA) is 65.1 Å². The van der Waals surface area contributed by atoms with Crippen molar-refractivity contribution in [2.24, 2.45) is 0 Å². The van der Waals surface area contributed by atoms with E-state index < -0.39 is 0 Å². The molecule has 4 aromatic rings. The predicted molar refractivity (Wildman–Crippen MR) is 123 cm³/mol. The van der Waals surface area contributed by atoms with Gasteiger partial charge in [-0.05, 0) is 67.5 Å². The molecule has 1 aromatic carbocycles. The minimum atomic E-state index is -0.335. The summed E-state index contributed by atoms with van der Waals surface area (Å²) >= 11 is 3.09. The van der Waals surface area contributed by atoms with E-state index in [1.165, 1.54) is 27.8 Å². The number of thioether (sulfide) groups is 1. The number of hydrogen-bond donors (Lipinski definition) is 0. The van der Waals surface area contributed by atoms with Crippen molar-refractivity contribution in [3.8, 4) is 0 Å². The van der Waals surface area contributed by atoms with E-state index in [1.807, 2.05) is 19.1 Å². The van der Waals surface area contributed by atoms with Crippen LogP contribution in [0.15, 0.2) is 43.4 Å². The summed E-state index contributed by atoms with van der Waals surface area (Å²) in [6.07, 6.45) is 4.16. The van der Waals surface area contributed by atoms with Gasteiger partial charge < -0.3 is 4.42 Å². The van der Waals surface area contributed by atoms with Crippen LogP contribution in [-0.2, 0) is 31.6 Å². The van der Waals surface area contributed by atoms with Crippen molar-refractivity contribution in [3.63, 3.8) is 0 Å². The maximum atomic E-state index is 13.0. The van der Waals surface area contributed by atoms with Gasteiger partial charge in [0, 0.05) is 28.6 Å². The summed E-state index contributed by atoms with van der Waals surface area (Å²) in [6, 6.07) is 7.74. The number of hydrogen-bond acceptors (Lipinski definition) is 6. The van der Waals surface area contributed by atoms with E-state index in [1.54, 1.807) is 22.0 Å². The number of nitrogens with zero attached hydrogens (tertiary/aromatic N) is 2. The maximum absolute atomic E-state index is 13.0. The monoisotopic (exact) mass is 438 g/mol. The fourth-order valence-electron chi connectivity index (χ4n) is 4.17. The maximum Gasteiger partial charge on any atom is 0.336 e. The van der Waals surface area contributed by atoms with E-state index in [0.717, 1.165) is 41.5 Å². The molecule has 5 nitrogen and oxygen atoms in total. The second-order valence-corrected chi connectivity index (χ2v) is 9.64. The standard InChI is InChI=1S/C23H22N2O3S2/c1-3-16-11-18-21(30-16)24-23(25(4-2)22(18)27)29-12-15-10-20(26)28-19-9-14-7-5-6-13(14)8-17(15)19/h8-11H,3-7,12H2,1-2H3. The first-order valence-electron chi connectivity index (χ1n) is 10.3. The Morgan fingerprint density at radius 1 is 1.10 bits per heavy atom. The average Bonchev–Trinajstić information content (AvgIpc) is 3.36. The third-order valence-electron chi connectivity index (χ3n) is 5.73. The summed E-state index contributed by atoms with van der Waals surface area (Å²) < 4.78 is 7.21. The molecular formula is C23H22N2O3S2. The van der Waals surface area contributed by atoms with Crippen molar-refractivity contribution in [2.45, 2.75) is 57.0 Å². The quantitative estimate of drug-likeness (QED) is 0.251. The van der Waals surface area contributed by atoms with Crippen molar-refractivity contribution in [2.75, 3.05) is 0 Å². The normalized spacial score (nSPS) is 13.4. The Balaban J connectivity index is 1.56. The van der Waals surface area contributed by atoms with Crippen LogP contribution in [0.2, 0.25) is 0 Å². The highest BCUT2D eigenvalue weighted by molar-refractivity contribution is 7.98.